The summed E-state index contributed by atoms with van der Waals surface area (Å²) in [4.78, 5) is 23.0. The van der Waals surface area contributed by atoms with E-state index < -0.39 is 11.9 Å². The van der Waals surface area contributed by atoms with Gasteiger partial charge in [-0.2, -0.15) is 0 Å². The number of piperidine rings is 1. The maximum Gasteiger partial charge on any atom is 0.307 e. The molecular formula is C7H11NO3. The van der Waals surface area contributed by atoms with Gasteiger partial charge in [-0.15, -0.1) is 0 Å². The van der Waals surface area contributed by atoms with Crippen molar-refractivity contribution < 1.29 is 14.7 Å². The number of carboxylic acids is 1. The van der Waals surface area contributed by atoms with Gasteiger partial charge in [-0.05, 0) is 6.42 Å². The van der Waals surface area contributed by atoms with E-state index in [-0.39, 0.29) is 12.3 Å². The Morgan fingerprint density at radius 1 is 1.73 bits per heavy atom. The summed E-state index contributed by atoms with van der Waals surface area (Å²) in [5.74, 6) is -1.38. The Balaban J connectivity index is 2.53. The van der Waals surface area contributed by atoms with Crippen molar-refractivity contribution in [2.75, 3.05) is 13.6 Å². The van der Waals surface area contributed by atoms with Crippen LogP contribution in [0.1, 0.15) is 12.8 Å². The molecule has 0 aliphatic carbocycles. The van der Waals surface area contributed by atoms with Gasteiger partial charge in [0.25, 0.3) is 0 Å². The molecule has 0 spiro atoms. The van der Waals surface area contributed by atoms with Crippen LogP contribution in [0.3, 0.4) is 0 Å². The quantitative estimate of drug-likeness (QED) is 0.580. The number of hydrogen-bond acceptors (Lipinski definition) is 2. The van der Waals surface area contributed by atoms with E-state index in [1.54, 1.807) is 11.9 Å². The number of carbonyl (C=O) groups is 2. The summed E-state index contributed by atoms with van der Waals surface area (Å²) in [5.41, 5.74) is 0. The number of rotatable bonds is 1. The molecule has 0 unspecified atom stereocenters. The zero-order chi connectivity index (χ0) is 8.43. The van der Waals surface area contributed by atoms with Gasteiger partial charge in [0.1, 0.15) is 0 Å². The molecule has 1 heterocycles. The van der Waals surface area contributed by atoms with Crippen LogP contribution in [0, 0.1) is 5.92 Å². The predicted molar refractivity (Wildman–Crippen MR) is 38.0 cm³/mol. The molecule has 1 atom stereocenters. The van der Waals surface area contributed by atoms with Crippen LogP contribution in [-0.4, -0.2) is 35.5 Å². The molecule has 0 saturated carbocycles. The highest BCUT2D eigenvalue weighted by Crippen LogP contribution is 2.16. The van der Waals surface area contributed by atoms with E-state index in [1.165, 1.54) is 0 Å². The SMILES string of the molecule is CN1CC[C@@H](C(=O)O)CC1=O. The fourth-order valence-electron chi connectivity index (χ4n) is 1.15. The lowest BCUT2D eigenvalue weighted by molar-refractivity contribution is -0.148. The van der Waals surface area contributed by atoms with Crippen molar-refractivity contribution in [1.29, 1.82) is 0 Å². The third kappa shape index (κ3) is 1.69. The minimum atomic E-state index is -0.855. The van der Waals surface area contributed by atoms with Crippen molar-refractivity contribution in [2.24, 2.45) is 5.92 Å². The third-order valence-corrected chi connectivity index (χ3v) is 2.01. The van der Waals surface area contributed by atoms with Crippen LogP contribution in [0.5, 0.6) is 0 Å². The smallest absolute Gasteiger partial charge is 0.307 e. The average Bonchev–Trinajstić information content (AvgIpc) is 1.94. The van der Waals surface area contributed by atoms with Gasteiger partial charge in [0.15, 0.2) is 0 Å². The molecule has 1 rings (SSSR count). The van der Waals surface area contributed by atoms with E-state index in [0.717, 1.165) is 0 Å². The molecule has 0 aromatic heterocycles. The first-order chi connectivity index (χ1) is 5.11. The molecule has 0 aromatic rings. The highest BCUT2D eigenvalue weighted by Gasteiger charge is 2.27. The van der Waals surface area contributed by atoms with Gasteiger partial charge < -0.3 is 10.0 Å². The Kier molecular flexibility index (Phi) is 2.12. The zero-order valence-electron chi connectivity index (χ0n) is 6.41. The number of carboxylic acid groups (broad SMARTS) is 1. The summed E-state index contributed by atoms with van der Waals surface area (Å²) in [6, 6.07) is 0. The average molecular weight is 157 g/mol. The van der Waals surface area contributed by atoms with E-state index in [4.69, 9.17) is 5.11 Å². The van der Waals surface area contributed by atoms with Gasteiger partial charge in [0, 0.05) is 20.0 Å². The summed E-state index contributed by atoms with van der Waals surface area (Å²) in [6.45, 7) is 0.565. The molecule has 4 nitrogen and oxygen atoms in total. The Hall–Kier alpha value is -1.06. The van der Waals surface area contributed by atoms with Gasteiger partial charge in [0.05, 0.1) is 5.92 Å². The molecule has 0 aromatic carbocycles. The molecule has 1 N–H and O–H groups in total. The summed E-state index contributed by atoms with van der Waals surface area (Å²) < 4.78 is 0. The van der Waals surface area contributed by atoms with Crippen LogP contribution >= 0.6 is 0 Å². The van der Waals surface area contributed by atoms with Crippen molar-refractivity contribution in [3.63, 3.8) is 0 Å². The maximum absolute atomic E-state index is 11.0. The van der Waals surface area contributed by atoms with Crippen LogP contribution < -0.4 is 0 Å². The van der Waals surface area contributed by atoms with Crippen molar-refractivity contribution in [2.45, 2.75) is 12.8 Å². The topological polar surface area (TPSA) is 57.6 Å². The van der Waals surface area contributed by atoms with E-state index in [0.29, 0.717) is 13.0 Å². The fraction of sp³-hybridized carbons (Fsp3) is 0.714. The minimum Gasteiger partial charge on any atom is -0.481 e. The summed E-state index contributed by atoms with van der Waals surface area (Å²) in [6.07, 6.45) is 0.739. The Labute approximate surface area is 64.8 Å². The predicted octanol–water partition coefficient (Wildman–Crippen LogP) is -0.0606. The summed E-state index contributed by atoms with van der Waals surface area (Å²) in [5, 5.41) is 8.57. The van der Waals surface area contributed by atoms with Crippen molar-refractivity contribution in [3.05, 3.63) is 0 Å². The zero-order valence-corrected chi connectivity index (χ0v) is 6.41. The second kappa shape index (κ2) is 2.90. The van der Waals surface area contributed by atoms with Crippen molar-refractivity contribution >= 4 is 11.9 Å². The van der Waals surface area contributed by atoms with Crippen LogP contribution in [0.4, 0.5) is 0 Å². The van der Waals surface area contributed by atoms with E-state index in [1.807, 2.05) is 0 Å². The Morgan fingerprint density at radius 3 is 2.82 bits per heavy atom. The molecule has 0 radical (unpaired) electrons. The van der Waals surface area contributed by atoms with Gasteiger partial charge in [-0.1, -0.05) is 0 Å². The highest BCUT2D eigenvalue weighted by atomic mass is 16.4. The molecule has 11 heavy (non-hydrogen) atoms. The first kappa shape index (κ1) is 8.04. The van der Waals surface area contributed by atoms with E-state index in [2.05, 4.69) is 0 Å². The number of amides is 1. The number of nitrogens with zero attached hydrogens (tertiary/aromatic N) is 1. The molecule has 4 heteroatoms. The normalized spacial score (nSPS) is 25.4. The monoisotopic (exact) mass is 157 g/mol. The second-order valence-electron chi connectivity index (χ2n) is 2.84. The van der Waals surface area contributed by atoms with Gasteiger partial charge in [0.2, 0.25) is 5.91 Å². The van der Waals surface area contributed by atoms with Crippen LogP contribution in [-0.2, 0) is 9.59 Å². The van der Waals surface area contributed by atoms with Crippen LogP contribution in [0.25, 0.3) is 0 Å². The number of hydrogen-bond donors (Lipinski definition) is 1. The molecule has 1 amide bonds. The highest BCUT2D eigenvalue weighted by molar-refractivity contribution is 5.83. The Bertz CT molecular complexity index is 190. The van der Waals surface area contributed by atoms with Crippen molar-refractivity contribution in [1.82, 2.24) is 4.90 Å². The standard InChI is InChI=1S/C7H11NO3/c1-8-3-2-5(7(10)11)4-6(8)9/h5H,2-4H2,1H3,(H,10,11)/t5-/m1/s1. The molecule has 1 aliphatic rings. The first-order valence-corrected chi connectivity index (χ1v) is 3.58. The van der Waals surface area contributed by atoms with E-state index >= 15 is 0 Å². The number of carbonyl (C=O) groups excluding carboxylic acids is 1. The number of aliphatic carboxylic acids is 1. The summed E-state index contributed by atoms with van der Waals surface area (Å²) in [7, 11) is 1.69. The Morgan fingerprint density at radius 2 is 2.36 bits per heavy atom. The van der Waals surface area contributed by atoms with Crippen molar-refractivity contribution in [3.8, 4) is 0 Å². The lowest BCUT2D eigenvalue weighted by atomic mass is 9.97. The fourth-order valence-corrected chi connectivity index (χ4v) is 1.15. The molecule has 1 saturated heterocycles. The maximum atomic E-state index is 11.0. The van der Waals surface area contributed by atoms with Crippen LogP contribution in [0.15, 0.2) is 0 Å². The lowest BCUT2D eigenvalue weighted by Gasteiger charge is -2.25. The summed E-state index contributed by atoms with van der Waals surface area (Å²) >= 11 is 0. The van der Waals surface area contributed by atoms with Gasteiger partial charge in [-0.25, -0.2) is 0 Å². The molecule has 1 aliphatic heterocycles. The molecule has 62 valence electrons. The molecule has 0 bridgehead atoms. The minimum absolute atomic E-state index is 0.0661. The molecular weight excluding hydrogens is 146 g/mol. The van der Waals surface area contributed by atoms with Gasteiger partial charge in [-0.3, -0.25) is 9.59 Å². The number of likely N-dealkylation sites (tertiary alicyclic amines) is 1. The van der Waals surface area contributed by atoms with Gasteiger partial charge >= 0.3 is 5.97 Å². The third-order valence-electron chi connectivity index (χ3n) is 2.01. The van der Waals surface area contributed by atoms with Crippen LogP contribution in [0.2, 0.25) is 0 Å². The first-order valence-electron chi connectivity index (χ1n) is 3.58. The lowest BCUT2D eigenvalue weighted by Crippen LogP contribution is -2.38. The van der Waals surface area contributed by atoms with E-state index in [9.17, 15) is 9.59 Å². The molecule has 1 fully saturated rings. The largest absolute Gasteiger partial charge is 0.481 e. The second-order valence-corrected chi connectivity index (χ2v) is 2.84.